The topological polar surface area (TPSA) is 62.3 Å². The van der Waals surface area contributed by atoms with Gasteiger partial charge in [0.25, 0.3) is 0 Å². The maximum absolute atomic E-state index is 12.3. The number of aromatic amines is 1. The van der Waals surface area contributed by atoms with Crippen LogP contribution in [0.4, 0.5) is 0 Å². The van der Waals surface area contributed by atoms with Crippen molar-refractivity contribution in [1.82, 2.24) is 4.98 Å². The van der Waals surface area contributed by atoms with Crippen molar-refractivity contribution in [3.8, 4) is 0 Å². The number of carbonyl (C=O) groups is 1. The normalized spacial score (nSPS) is 21.1. The molecule has 3 rings (SSSR count). The number of allylic oxidation sites excluding steroid dienone is 1. The summed E-state index contributed by atoms with van der Waals surface area (Å²) in [5.41, 5.74) is 0.351. The van der Waals surface area contributed by atoms with Crippen LogP contribution in [0.15, 0.2) is 42.0 Å². The van der Waals surface area contributed by atoms with E-state index in [2.05, 4.69) is 11.9 Å². The van der Waals surface area contributed by atoms with Gasteiger partial charge in [-0.1, -0.05) is 31.2 Å². The largest absolute Gasteiger partial charge is 0.466 e. The molecule has 21 heavy (non-hydrogen) atoms. The summed E-state index contributed by atoms with van der Waals surface area (Å²) in [6, 6.07) is 9.52. The lowest BCUT2D eigenvalue weighted by Gasteiger charge is -2.26. The maximum atomic E-state index is 12.3. The molecule has 1 aromatic heterocycles. The molecule has 1 aliphatic rings. The number of aromatic nitrogens is 1. The number of methoxy groups -OCH3 is 1. The Kier molecular flexibility index (Phi) is 3.33. The number of rotatable bonds is 3. The number of aliphatic hydroxyl groups is 1. The van der Waals surface area contributed by atoms with Gasteiger partial charge in [-0.2, -0.15) is 0 Å². The predicted octanol–water partition coefficient (Wildman–Crippen LogP) is 2.88. The molecule has 0 saturated heterocycles. The van der Waals surface area contributed by atoms with E-state index >= 15 is 0 Å². The molecule has 2 atom stereocenters. The van der Waals surface area contributed by atoms with Crippen LogP contribution in [0.1, 0.15) is 25.5 Å². The van der Waals surface area contributed by atoms with Gasteiger partial charge in [0, 0.05) is 5.52 Å². The summed E-state index contributed by atoms with van der Waals surface area (Å²) in [6.45, 7) is 2.10. The quantitative estimate of drug-likeness (QED) is 0.673. The third-order valence-electron chi connectivity index (χ3n) is 4.20. The summed E-state index contributed by atoms with van der Waals surface area (Å²) in [5, 5.41) is 12.1. The summed E-state index contributed by atoms with van der Waals surface area (Å²) in [6.07, 6.45) is 3.52. The van der Waals surface area contributed by atoms with Crippen molar-refractivity contribution in [2.24, 2.45) is 5.92 Å². The zero-order valence-electron chi connectivity index (χ0n) is 12.2. The van der Waals surface area contributed by atoms with Crippen LogP contribution in [0.5, 0.6) is 0 Å². The standard InChI is InChI=1S/C17H19NO3/c1-11-7-8-13(9-11)17(20,16(19)21-2)15-10-12-5-3-4-6-14(12)18-15/h3-6,8,10-11,18,20H,7,9H2,1-2H3. The lowest BCUT2D eigenvalue weighted by atomic mass is 9.88. The van der Waals surface area contributed by atoms with Crippen molar-refractivity contribution in [2.45, 2.75) is 25.4 Å². The van der Waals surface area contributed by atoms with E-state index in [1.807, 2.05) is 36.4 Å². The third-order valence-corrected chi connectivity index (χ3v) is 4.20. The molecule has 2 unspecified atom stereocenters. The summed E-state index contributed by atoms with van der Waals surface area (Å²) in [7, 11) is 1.30. The van der Waals surface area contributed by atoms with Crippen LogP contribution in [0.25, 0.3) is 10.9 Å². The molecule has 1 aliphatic carbocycles. The molecule has 0 bridgehead atoms. The Morgan fingerprint density at radius 3 is 2.81 bits per heavy atom. The van der Waals surface area contributed by atoms with E-state index in [4.69, 9.17) is 4.74 Å². The molecule has 2 N–H and O–H groups in total. The molecule has 0 radical (unpaired) electrons. The van der Waals surface area contributed by atoms with E-state index in [0.717, 1.165) is 17.3 Å². The predicted molar refractivity (Wildman–Crippen MR) is 80.7 cm³/mol. The van der Waals surface area contributed by atoms with Crippen molar-refractivity contribution in [2.75, 3.05) is 7.11 Å². The minimum atomic E-state index is -1.72. The van der Waals surface area contributed by atoms with Crippen molar-refractivity contribution in [1.29, 1.82) is 0 Å². The second-order valence-electron chi connectivity index (χ2n) is 5.75. The highest BCUT2D eigenvalue weighted by Crippen LogP contribution is 2.40. The number of esters is 1. The SMILES string of the molecule is COC(=O)C(O)(C1=CCC(C)C1)c1cc2ccccc2[nH]1. The van der Waals surface area contributed by atoms with Crippen molar-refractivity contribution >= 4 is 16.9 Å². The number of nitrogens with one attached hydrogen (secondary N) is 1. The Balaban J connectivity index is 2.13. The number of hydrogen-bond donors (Lipinski definition) is 2. The highest BCUT2D eigenvalue weighted by Gasteiger charge is 2.45. The fourth-order valence-electron chi connectivity index (χ4n) is 3.01. The molecule has 2 aromatic rings. The van der Waals surface area contributed by atoms with E-state index in [1.54, 1.807) is 0 Å². The Labute approximate surface area is 123 Å². The minimum Gasteiger partial charge on any atom is -0.466 e. The Hall–Kier alpha value is -2.07. The first-order chi connectivity index (χ1) is 10.1. The van der Waals surface area contributed by atoms with Gasteiger partial charge in [0.15, 0.2) is 0 Å². The van der Waals surface area contributed by atoms with Crippen molar-refractivity contribution in [3.63, 3.8) is 0 Å². The van der Waals surface area contributed by atoms with E-state index in [-0.39, 0.29) is 0 Å². The first kappa shape index (κ1) is 13.9. The van der Waals surface area contributed by atoms with Gasteiger partial charge in [0.1, 0.15) is 0 Å². The number of para-hydroxylation sites is 1. The molecule has 0 fully saturated rings. The Morgan fingerprint density at radius 1 is 1.43 bits per heavy atom. The smallest absolute Gasteiger partial charge is 0.348 e. The van der Waals surface area contributed by atoms with Gasteiger partial charge in [-0.05, 0) is 41.9 Å². The van der Waals surface area contributed by atoms with Crippen LogP contribution in [-0.2, 0) is 15.1 Å². The zero-order chi connectivity index (χ0) is 15.0. The Morgan fingerprint density at radius 2 is 2.19 bits per heavy atom. The van der Waals surface area contributed by atoms with Gasteiger partial charge in [-0.3, -0.25) is 0 Å². The number of benzene rings is 1. The average Bonchev–Trinajstić information content (AvgIpc) is 3.11. The average molecular weight is 285 g/mol. The number of ether oxygens (including phenoxy) is 1. The van der Waals surface area contributed by atoms with Gasteiger partial charge in [0.05, 0.1) is 12.8 Å². The summed E-state index contributed by atoms with van der Waals surface area (Å²) in [4.78, 5) is 15.4. The second-order valence-corrected chi connectivity index (χ2v) is 5.75. The first-order valence-corrected chi connectivity index (χ1v) is 7.14. The summed E-state index contributed by atoms with van der Waals surface area (Å²) < 4.78 is 4.86. The van der Waals surface area contributed by atoms with Crippen LogP contribution < -0.4 is 0 Å². The van der Waals surface area contributed by atoms with Gasteiger partial charge in [-0.15, -0.1) is 0 Å². The molecular formula is C17H19NO3. The van der Waals surface area contributed by atoms with Crippen LogP contribution >= 0.6 is 0 Å². The van der Waals surface area contributed by atoms with Crippen molar-refractivity contribution in [3.05, 3.63) is 47.7 Å². The summed E-state index contributed by atoms with van der Waals surface area (Å²) in [5.74, 6) is -0.213. The molecule has 0 saturated carbocycles. The van der Waals surface area contributed by atoms with Crippen molar-refractivity contribution < 1.29 is 14.6 Å². The van der Waals surface area contributed by atoms with Gasteiger partial charge in [-0.25, -0.2) is 4.79 Å². The van der Waals surface area contributed by atoms with Gasteiger partial charge < -0.3 is 14.8 Å². The monoisotopic (exact) mass is 285 g/mol. The number of carbonyl (C=O) groups excluding carboxylic acids is 1. The lowest BCUT2D eigenvalue weighted by Crippen LogP contribution is -2.39. The molecule has 4 heteroatoms. The van der Waals surface area contributed by atoms with Crippen LogP contribution in [-0.4, -0.2) is 23.2 Å². The number of hydrogen-bond acceptors (Lipinski definition) is 3. The fourth-order valence-corrected chi connectivity index (χ4v) is 3.01. The summed E-state index contributed by atoms with van der Waals surface area (Å²) >= 11 is 0. The molecule has 0 spiro atoms. The van der Waals surface area contributed by atoms with Crippen LogP contribution in [0.2, 0.25) is 0 Å². The van der Waals surface area contributed by atoms with Gasteiger partial charge in [0.2, 0.25) is 5.60 Å². The fraction of sp³-hybridized carbons (Fsp3) is 0.353. The van der Waals surface area contributed by atoms with E-state index in [9.17, 15) is 9.90 Å². The van der Waals surface area contributed by atoms with Crippen LogP contribution in [0.3, 0.4) is 0 Å². The molecule has 1 aromatic carbocycles. The third kappa shape index (κ3) is 2.16. The van der Waals surface area contributed by atoms with Gasteiger partial charge >= 0.3 is 5.97 Å². The van der Waals surface area contributed by atoms with E-state index < -0.39 is 11.6 Å². The van der Waals surface area contributed by atoms with E-state index in [1.165, 1.54) is 7.11 Å². The zero-order valence-corrected chi connectivity index (χ0v) is 12.2. The van der Waals surface area contributed by atoms with E-state index in [0.29, 0.717) is 23.6 Å². The number of H-pyrrole nitrogens is 1. The molecule has 4 nitrogen and oxygen atoms in total. The van der Waals surface area contributed by atoms with Crippen LogP contribution in [0, 0.1) is 5.92 Å². The molecule has 0 aliphatic heterocycles. The highest BCUT2D eigenvalue weighted by atomic mass is 16.5. The molecular weight excluding hydrogens is 266 g/mol. The first-order valence-electron chi connectivity index (χ1n) is 7.14. The molecule has 110 valence electrons. The minimum absolute atomic E-state index is 0.431. The highest BCUT2D eigenvalue weighted by molar-refractivity contribution is 5.88. The number of fused-ring (bicyclic) bond motifs is 1. The maximum Gasteiger partial charge on any atom is 0.348 e. The lowest BCUT2D eigenvalue weighted by molar-refractivity contribution is -0.159. The molecule has 1 heterocycles. The second kappa shape index (κ2) is 5.04. The molecule has 0 amide bonds. The Bertz CT molecular complexity index is 683.